The summed E-state index contributed by atoms with van der Waals surface area (Å²) >= 11 is 0. The molecule has 25 heavy (non-hydrogen) atoms. The number of aryl methyl sites for hydroxylation is 1. The molecule has 1 N–H and O–H groups in total. The summed E-state index contributed by atoms with van der Waals surface area (Å²) in [7, 11) is 0. The van der Waals surface area contributed by atoms with Gasteiger partial charge in [-0.05, 0) is 20.8 Å². The first-order valence-corrected chi connectivity index (χ1v) is 8.01. The number of nitrogens with one attached hydrogen (secondary N) is 1. The molecule has 0 bridgehead atoms. The minimum absolute atomic E-state index is 0.0387. The monoisotopic (exact) mass is 347 g/mol. The standard InChI is InChI=1S/C16H21N5O4/c1-11-6-13(25-19-11)15(23)18-12-7-17-21(8-12)9-14(22)20-4-5-24-16(2,3)10-20/h6-8H,4-5,9-10H2,1-3H3,(H,18,23). The van der Waals surface area contributed by atoms with Crippen molar-refractivity contribution in [2.45, 2.75) is 32.9 Å². The molecule has 134 valence electrons. The highest BCUT2D eigenvalue weighted by Crippen LogP contribution is 2.17. The van der Waals surface area contributed by atoms with Crippen molar-refractivity contribution in [3.05, 3.63) is 29.9 Å². The first-order valence-electron chi connectivity index (χ1n) is 8.01. The minimum Gasteiger partial charge on any atom is -0.372 e. The van der Waals surface area contributed by atoms with Gasteiger partial charge in [-0.15, -0.1) is 0 Å². The van der Waals surface area contributed by atoms with Crippen LogP contribution in [0.5, 0.6) is 0 Å². The lowest BCUT2D eigenvalue weighted by molar-refractivity contribution is -0.146. The van der Waals surface area contributed by atoms with Crippen molar-refractivity contribution in [3.8, 4) is 0 Å². The molecule has 1 aliphatic heterocycles. The highest BCUT2D eigenvalue weighted by Gasteiger charge is 2.30. The van der Waals surface area contributed by atoms with Crippen molar-refractivity contribution < 1.29 is 18.8 Å². The molecule has 3 rings (SSSR count). The van der Waals surface area contributed by atoms with Crippen molar-refractivity contribution in [2.24, 2.45) is 0 Å². The van der Waals surface area contributed by atoms with Crippen LogP contribution < -0.4 is 5.32 Å². The topological polar surface area (TPSA) is 102 Å². The van der Waals surface area contributed by atoms with Crippen molar-refractivity contribution in [2.75, 3.05) is 25.0 Å². The Morgan fingerprint density at radius 2 is 2.20 bits per heavy atom. The van der Waals surface area contributed by atoms with Gasteiger partial charge in [0.1, 0.15) is 6.54 Å². The van der Waals surface area contributed by atoms with Crippen LogP contribution in [-0.4, -0.2) is 56.9 Å². The third-order valence-electron chi connectivity index (χ3n) is 3.82. The van der Waals surface area contributed by atoms with E-state index in [1.165, 1.54) is 10.9 Å². The average Bonchev–Trinajstić information content (AvgIpc) is 3.15. The third-order valence-corrected chi connectivity index (χ3v) is 3.82. The second-order valence-corrected chi connectivity index (χ2v) is 6.64. The van der Waals surface area contributed by atoms with Crippen LogP contribution in [0.15, 0.2) is 23.0 Å². The number of aromatic nitrogens is 3. The normalized spacial score (nSPS) is 16.7. The Hall–Kier alpha value is -2.68. The number of rotatable bonds is 4. The fourth-order valence-corrected chi connectivity index (χ4v) is 2.65. The van der Waals surface area contributed by atoms with Crippen LogP contribution in [0.4, 0.5) is 5.69 Å². The molecule has 0 spiro atoms. The molecule has 2 aromatic heterocycles. The molecule has 0 aromatic carbocycles. The molecule has 0 aliphatic carbocycles. The van der Waals surface area contributed by atoms with Gasteiger partial charge in [0.2, 0.25) is 11.7 Å². The number of carbonyl (C=O) groups is 2. The van der Waals surface area contributed by atoms with E-state index in [-0.39, 0.29) is 23.8 Å². The van der Waals surface area contributed by atoms with E-state index in [1.54, 1.807) is 24.1 Å². The first kappa shape index (κ1) is 17.2. The fourth-order valence-electron chi connectivity index (χ4n) is 2.65. The first-order chi connectivity index (χ1) is 11.8. The summed E-state index contributed by atoms with van der Waals surface area (Å²) in [6.45, 7) is 7.39. The van der Waals surface area contributed by atoms with Crippen LogP contribution in [0.2, 0.25) is 0 Å². The number of carbonyl (C=O) groups excluding carboxylic acids is 2. The maximum absolute atomic E-state index is 12.4. The fraction of sp³-hybridized carbons (Fsp3) is 0.500. The van der Waals surface area contributed by atoms with Crippen molar-refractivity contribution >= 4 is 17.5 Å². The zero-order valence-electron chi connectivity index (χ0n) is 14.5. The molecular weight excluding hydrogens is 326 g/mol. The summed E-state index contributed by atoms with van der Waals surface area (Å²) in [5, 5.41) is 10.4. The SMILES string of the molecule is Cc1cc(C(=O)Nc2cnn(CC(=O)N3CCOC(C)(C)C3)c2)on1. The van der Waals surface area contributed by atoms with Gasteiger partial charge < -0.3 is 19.5 Å². The number of hydrogen-bond acceptors (Lipinski definition) is 6. The van der Waals surface area contributed by atoms with E-state index in [9.17, 15) is 9.59 Å². The van der Waals surface area contributed by atoms with Crippen LogP contribution in [0.3, 0.4) is 0 Å². The molecule has 2 amide bonds. The predicted molar refractivity (Wildman–Crippen MR) is 88.0 cm³/mol. The molecule has 0 unspecified atom stereocenters. The second kappa shape index (κ2) is 6.67. The smallest absolute Gasteiger partial charge is 0.294 e. The Labute approximate surface area is 144 Å². The Morgan fingerprint density at radius 1 is 1.40 bits per heavy atom. The quantitative estimate of drug-likeness (QED) is 0.887. The summed E-state index contributed by atoms with van der Waals surface area (Å²) in [5.41, 5.74) is 0.765. The Kier molecular flexibility index (Phi) is 4.58. The molecular formula is C16H21N5O4. The molecule has 1 aliphatic rings. The zero-order valence-corrected chi connectivity index (χ0v) is 14.5. The number of morpholine rings is 1. The Morgan fingerprint density at radius 3 is 2.88 bits per heavy atom. The van der Waals surface area contributed by atoms with E-state index in [0.29, 0.717) is 31.1 Å². The number of hydrogen-bond donors (Lipinski definition) is 1. The second-order valence-electron chi connectivity index (χ2n) is 6.64. The van der Waals surface area contributed by atoms with Crippen LogP contribution in [0.1, 0.15) is 30.1 Å². The van der Waals surface area contributed by atoms with Gasteiger partial charge in [-0.1, -0.05) is 5.16 Å². The van der Waals surface area contributed by atoms with Crippen molar-refractivity contribution in [3.63, 3.8) is 0 Å². The van der Waals surface area contributed by atoms with Gasteiger partial charge >= 0.3 is 0 Å². The molecule has 0 radical (unpaired) electrons. The van der Waals surface area contributed by atoms with E-state index in [4.69, 9.17) is 9.26 Å². The van der Waals surface area contributed by atoms with Crippen LogP contribution in [0, 0.1) is 6.92 Å². The molecule has 1 fully saturated rings. The van der Waals surface area contributed by atoms with E-state index >= 15 is 0 Å². The average molecular weight is 347 g/mol. The largest absolute Gasteiger partial charge is 0.372 e. The zero-order chi connectivity index (χ0) is 18.0. The van der Waals surface area contributed by atoms with Gasteiger partial charge in [-0.2, -0.15) is 5.10 Å². The summed E-state index contributed by atoms with van der Waals surface area (Å²) in [6.07, 6.45) is 3.09. The molecule has 9 nitrogen and oxygen atoms in total. The van der Waals surface area contributed by atoms with Crippen LogP contribution >= 0.6 is 0 Å². The summed E-state index contributed by atoms with van der Waals surface area (Å²) in [6, 6.07) is 1.55. The minimum atomic E-state index is -0.415. The van der Waals surface area contributed by atoms with E-state index in [2.05, 4.69) is 15.6 Å². The molecule has 3 heterocycles. The van der Waals surface area contributed by atoms with Gasteiger partial charge in [0.15, 0.2) is 0 Å². The lowest BCUT2D eigenvalue weighted by atomic mass is 10.1. The Balaban J connectivity index is 1.58. The maximum Gasteiger partial charge on any atom is 0.294 e. The molecule has 0 saturated carbocycles. The van der Waals surface area contributed by atoms with Gasteiger partial charge in [0, 0.05) is 25.4 Å². The highest BCUT2D eigenvalue weighted by molar-refractivity contribution is 6.02. The van der Waals surface area contributed by atoms with E-state index in [0.717, 1.165) is 0 Å². The number of anilines is 1. The third kappa shape index (κ3) is 4.24. The van der Waals surface area contributed by atoms with E-state index in [1.807, 2.05) is 13.8 Å². The summed E-state index contributed by atoms with van der Waals surface area (Å²) < 4.78 is 12.0. The molecule has 1 saturated heterocycles. The van der Waals surface area contributed by atoms with Gasteiger partial charge in [-0.25, -0.2) is 0 Å². The Bertz CT molecular complexity index is 779. The molecule has 0 atom stereocenters. The van der Waals surface area contributed by atoms with Crippen molar-refractivity contribution in [1.29, 1.82) is 0 Å². The number of amides is 2. The number of ether oxygens (including phenoxy) is 1. The lowest BCUT2D eigenvalue weighted by Gasteiger charge is -2.38. The van der Waals surface area contributed by atoms with Crippen LogP contribution in [-0.2, 0) is 16.1 Å². The van der Waals surface area contributed by atoms with Crippen LogP contribution in [0.25, 0.3) is 0 Å². The predicted octanol–water partition coefficient (Wildman–Crippen LogP) is 1.07. The lowest BCUT2D eigenvalue weighted by Crippen LogP contribution is -2.51. The number of nitrogens with zero attached hydrogens (tertiary/aromatic N) is 4. The van der Waals surface area contributed by atoms with Gasteiger partial charge in [0.05, 0.1) is 29.8 Å². The van der Waals surface area contributed by atoms with Gasteiger partial charge in [-0.3, -0.25) is 14.3 Å². The highest BCUT2D eigenvalue weighted by atomic mass is 16.5. The molecule has 2 aromatic rings. The summed E-state index contributed by atoms with van der Waals surface area (Å²) in [4.78, 5) is 26.2. The maximum atomic E-state index is 12.4. The van der Waals surface area contributed by atoms with Crippen molar-refractivity contribution in [1.82, 2.24) is 19.8 Å². The van der Waals surface area contributed by atoms with Gasteiger partial charge in [0.25, 0.3) is 5.91 Å². The van der Waals surface area contributed by atoms with E-state index < -0.39 is 5.91 Å². The molecule has 9 heteroatoms. The summed E-state index contributed by atoms with van der Waals surface area (Å²) in [5.74, 6) is -0.332.